The summed E-state index contributed by atoms with van der Waals surface area (Å²) >= 11 is 2.16. The number of anilines is 1. The zero-order chi connectivity index (χ0) is 28.9. The van der Waals surface area contributed by atoms with Gasteiger partial charge in [-0.3, -0.25) is 0 Å². The Balaban J connectivity index is 1.36. The predicted molar refractivity (Wildman–Crippen MR) is 165 cm³/mol. The van der Waals surface area contributed by atoms with Crippen molar-refractivity contribution in [3.63, 3.8) is 0 Å². The van der Waals surface area contributed by atoms with Gasteiger partial charge in [-0.05, 0) is 45.3 Å². The number of hydrogen-bond donors (Lipinski definition) is 2. The van der Waals surface area contributed by atoms with Gasteiger partial charge in [0.1, 0.15) is 35.8 Å². The summed E-state index contributed by atoms with van der Waals surface area (Å²) in [6, 6.07) is 31.3. The number of nitrogen functional groups attached to an aromatic ring is 1. The molecule has 3 aromatic carbocycles. The molecule has 0 spiro atoms. The molecule has 10 heteroatoms. The van der Waals surface area contributed by atoms with Crippen molar-refractivity contribution >= 4 is 33.9 Å². The van der Waals surface area contributed by atoms with Gasteiger partial charge in [-0.2, -0.15) is 5.10 Å². The van der Waals surface area contributed by atoms with E-state index in [2.05, 4.69) is 32.7 Å². The first-order valence-electron chi connectivity index (χ1n) is 13.6. The van der Waals surface area contributed by atoms with E-state index in [-0.39, 0.29) is 13.2 Å². The van der Waals surface area contributed by atoms with Crippen molar-refractivity contribution in [2.75, 3.05) is 12.3 Å². The van der Waals surface area contributed by atoms with Crippen LogP contribution in [-0.4, -0.2) is 44.6 Å². The average Bonchev–Trinajstić information content (AvgIpc) is 3.51. The van der Waals surface area contributed by atoms with Crippen molar-refractivity contribution in [3.05, 3.63) is 129 Å². The minimum Gasteiger partial charge on any atom is -0.382 e. The number of nitrogens with two attached hydrogens (primary N) is 1. The standard InChI is InChI=1S/C32H31IN4O5/c33-25-16-27(37-28(25)31(34)35-21-36-37)32(38)30(41-19-24-14-8-3-9-15-24)29(40-18-23-12-6-2-7-13-23)26(42-32)20-39-17-22-10-4-1-5-11-22/h1-16,21,26,29-30,38H,17-20H2,(H2,34,35,36). The maximum Gasteiger partial charge on any atom is 0.240 e. The quantitative estimate of drug-likeness (QED) is 0.191. The fourth-order valence-corrected chi connectivity index (χ4v) is 5.99. The molecule has 4 atom stereocenters. The number of benzene rings is 3. The highest BCUT2D eigenvalue weighted by Gasteiger charge is 2.59. The summed E-state index contributed by atoms with van der Waals surface area (Å²) < 4.78 is 27.9. The maximum absolute atomic E-state index is 12.4. The molecule has 4 unspecified atom stereocenters. The Hall–Kier alpha value is -3.39. The van der Waals surface area contributed by atoms with E-state index in [1.165, 1.54) is 6.33 Å². The van der Waals surface area contributed by atoms with E-state index in [1.807, 2.05) is 91.0 Å². The first-order valence-corrected chi connectivity index (χ1v) is 14.7. The highest BCUT2D eigenvalue weighted by atomic mass is 127. The van der Waals surface area contributed by atoms with E-state index >= 15 is 0 Å². The van der Waals surface area contributed by atoms with Gasteiger partial charge in [0.2, 0.25) is 5.79 Å². The molecule has 0 saturated carbocycles. The van der Waals surface area contributed by atoms with Crippen molar-refractivity contribution < 1.29 is 24.1 Å². The first kappa shape index (κ1) is 28.7. The Morgan fingerprint density at radius 3 is 2.05 bits per heavy atom. The van der Waals surface area contributed by atoms with Gasteiger partial charge in [0.15, 0.2) is 5.82 Å². The van der Waals surface area contributed by atoms with Crippen molar-refractivity contribution in [2.24, 2.45) is 0 Å². The van der Waals surface area contributed by atoms with Crippen LogP contribution in [0.5, 0.6) is 0 Å². The normalized spacial score (nSPS) is 22.1. The smallest absolute Gasteiger partial charge is 0.240 e. The highest BCUT2D eigenvalue weighted by molar-refractivity contribution is 14.1. The lowest BCUT2D eigenvalue weighted by atomic mass is 10.0. The number of fused-ring (bicyclic) bond motifs is 1. The third kappa shape index (κ3) is 6.05. The fourth-order valence-electron chi connectivity index (χ4n) is 5.19. The second-order valence-corrected chi connectivity index (χ2v) is 11.3. The third-order valence-corrected chi connectivity index (χ3v) is 8.06. The van der Waals surface area contributed by atoms with Gasteiger partial charge in [-0.25, -0.2) is 9.50 Å². The lowest BCUT2D eigenvalue weighted by Gasteiger charge is -2.30. The molecule has 0 bridgehead atoms. The van der Waals surface area contributed by atoms with Crippen LogP contribution >= 0.6 is 22.6 Å². The molecule has 6 rings (SSSR count). The number of rotatable bonds is 11. The molecule has 1 aliphatic rings. The number of nitrogens with zero attached hydrogens (tertiary/aromatic N) is 3. The van der Waals surface area contributed by atoms with Gasteiger partial charge in [-0.15, -0.1) is 0 Å². The second kappa shape index (κ2) is 12.9. The monoisotopic (exact) mass is 678 g/mol. The zero-order valence-electron chi connectivity index (χ0n) is 22.8. The van der Waals surface area contributed by atoms with E-state index < -0.39 is 24.1 Å². The molecule has 3 N–H and O–H groups in total. The molecule has 0 amide bonds. The maximum atomic E-state index is 12.4. The van der Waals surface area contributed by atoms with E-state index in [0.717, 1.165) is 20.3 Å². The highest BCUT2D eigenvalue weighted by Crippen LogP contribution is 2.43. The molecule has 1 fully saturated rings. The third-order valence-electron chi connectivity index (χ3n) is 7.24. The number of ether oxygens (including phenoxy) is 4. The summed E-state index contributed by atoms with van der Waals surface area (Å²) in [7, 11) is 0. The largest absolute Gasteiger partial charge is 0.382 e. The Morgan fingerprint density at radius 1 is 0.857 bits per heavy atom. The van der Waals surface area contributed by atoms with Crippen LogP contribution in [0, 0.1) is 3.57 Å². The van der Waals surface area contributed by atoms with Crippen molar-refractivity contribution in [1.82, 2.24) is 14.6 Å². The van der Waals surface area contributed by atoms with Crippen LogP contribution in [0.15, 0.2) is 103 Å². The van der Waals surface area contributed by atoms with Crippen molar-refractivity contribution in [2.45, 2.75) is 43.9 Å². The minimum atomic E-state index is -1.94. The Kier molecular flexibility index (Phi) is 8.79. The van der Waals surface area contributed by atoms with E-state index in [4.69, 9.17) is 24.7 Å². The molecular formula is C32H31IN4O5. The van der Waals surface area contributed by atoms with Crippen LogP contribution in [0.4, 0.5) is 5.82 Å². The molecule has 9 nitrogen and oxygen atoms in total. The first-order chi connectivity index (χ1) is 20.5. The Bertz CT molecular complexity index is 1610. The fraction of sp³-hybridized carbons (Fsp3) is 0.250. The Labute approximate surface area is 257 Å². The SMILES string of the molecule is Nc1ncnn2c(C3(O)OC(COCc4ccccc4)C(OCc4ccccc4)C3OCc3ccccc3)cc(I)c12. The van der Waals surface area contributed by atoms with Gasteiger partial charge in [0.05, 0.1) is 26.4 Å². The van der Waals surface area contributed by atoms with Crippen molar-refractivity contribution in [3.8, 4) is 0 Å². The van der Waals surface area contributed by atoms with E-state index in [9.17, 15) is 5.11 Å². The van der Waals surface area contributed by atoms with Crippen LogP contribution in [0.3, 0.4) is 0 Å². The van der Waals surface area contributed by atoms with E-state index in [1.54, 1.807) is 10.6 Å². The molecule has 216 valence electrons. The van der Waals surface area contributed by atoms with Crippen LogP contribution in [0.25, 0.3) is 5.52 Å². The summed E-state index contributed by atoms with van der Waals surface area (Å²) in [5.74, 6) is -1.65. The molecule has 1 aliphatic heterocycles. The minimum absolute atomic E-state index is 0.166. The molecule has 5 aromatic rings. The molecule has 1 saturated heterocycles. The molecular weight excluding hydrogens is 647 g/mol. The number of hydrogen-bond acceptors (Lipinski definition) is 8. The molecule has 0 aliphatic carbocycles. The topological polar surface area (TPSA) is 113 Å². The number of aromatic nitrogens is 3. The summed E-state index contributed by atoms with van der Waals surface area (Å²) in [6.45, 7) is 1.08. The molecule has 42 heavy (non-hydrogen) atoms. The van der Waals surface area contributed by atoms with Crippen LogP contribution in [0.2, 0.25) is 0 Å². The Morgan fingerprint density at radius 2 is 1.43 bits per heavy atom. The van der Waals surface area contributed by atoms with Gasteiger partial charge >= 0.3 is 0 Å². The van der Waals surface area contributed by atoms with Crippen LogP contribution in [0.1, 0.15) is 22.4 Å². The van der Waals surface area contributed by atoms with Gasteiger partial charge in [0, 0.05) is 3.57 Å². The number of aliphatic hydroxyl groups is 1. The second-order valence-electron chi connectivity index (χ2n) is 10.1. The van der Waals surface area contributed by atoms with Gasteiger partial charge < -0.3 is 29.8 Å². The predicted octanol–water partition coefficient (Wildman–Crippen LogP) is 4.85. The lowest BCUT2D eigenvalue weighted by molar-refractivity contribution is -0.256. The number of halogens is 1. The average molecular weight is 679 g/mol. The molecule has 0 radical (unpaired) electrons. The summed E-state index contributed by atoms with van der Waals surface area (Å²) in [5, 5.41) is 16.9. The zero-order valence-corrected chi connectivity index (χ0v) is 24.9. The van der Waals surface area contributed by atoms with Gasteiger partial charge in [0.25, 0.3) is 0 Å². The van der Waals surface area contributed by atoms with Gasteiger partial charge in [-0.1, -0.05) is 91.0 Å². The van der Waals surface area contributed by atoms with Crippen LogP contribution in [-0.2, 0) is 44.6 Å². The summed E-state index contributed by atoms with van der Waals surface area (Å²) in [6.07, 6.45) is -0.927. The summed E-state index contributed by atoms with van der Waals surface area (Å²) in [5.41, 5.74) is 10.1. The van der Waals surface area contributed by atoms with Crippen molar-refractivity contribution in [1.29, 1.82) is 0 Å². The summed E-state index contributed by atoms with van der Waals surface area (Å²) in [4.78, 5) is 4.13. The van der Waals surface area contributed by atoms with Crippen LogP contribution < -0.4 is 5.73 Å². The lowest BCUT2D eigenvalue weighted by Crippen LogP contribution is -2.45. The molecule has 3 heterocycles. The van der Waals surface area contributed by atoms with E-state index in [0.29, 0.717) is 30.2 Å². The molecule has 2 aromatic heterocycles.